The first-order valence-corrected chi connectivity index (χ1v) is 6.12. The minimum absolute atomic E-state index is 0.0110. The van der Waals surface area contributed by atoms with E-state index in [1.807, 2.05) is 18.7 Å². The first-order valence-electron chi connectivity index (χ1n) is 4.97. The van der Waals surface area contributed by atoms with Crippen molar-refractivity contribution < 1.29 is 9.90 Å². The van der Waals surface area contributed by atoms with Gasteiger partial charge in [0.2, 0.25) is 0 Å². The number of nitrogens with zero attached hydrogens (tertiary/aromatic N) is 3. The highest BCUT2D eigenvalue weighted by atomic mass is 35.5. The SMILES string of the molecule is CCC(C)N(CC(=O)O)Cc1nnsc1Cl. The Morgan fingerprint density at radius 2 is 2.38 bits per heavy atom. The van der Waals surface area contributed by atoms with Crippen LogP contribution < -0.4 is 0 Å². The van der Waals surface area contributed by atoms with Crippen molar-refractivity contribution in [3.05, 3.63) is 10.0 Å². The highest BCUT2D eigenvalue weighted by Gasteiger charge is 2.18. The van der Waals surface area contributed by atoms with Crippen LogP contribution >= 0.6 is 23.1 Å². The van der Waals surface area contributed by atoms with Gasteiger partial charge in [0.25, 0.3) is 0 Å². The second kappa shape index (κ2) is 6.12. The molecule has 1 rings (SSSR count). The summed E-state index contributed by atoms with van der Waals surface area (Å²) in [5, 5.41) is 12.7. The van der Waals surface area contributed by atoms with Crippen molar-refractivity contribution in [2.75, 3.05) is 6.54 Å². The van der Waals surface area contributed by atoms with E-state index in [1.54, 1.807) is 0 Å². The molecule has 5 nitrogen and oxygen atoms in total. The van der Waals surface area contributed by atoms with Crippen LogP contribution in [0.25, 0.3) is 0 Å². The van der Waals surface area contributed by atoms with Crippen LogP contribution in [0.3, 0.4) is 0 Å². The molecule has 1 aromatic rings. The largest absolute Gasteiger partial charge is 0.480 e. The van der Waals surface area contributed by atoms with Crippen molar-refractivity contribution in [1.82, 2.24) is 14.5 Å². The third kappa shape index (κ3) is 3.70. The number of aromatic nitrogens is 2. The van der Waals surface area contributed by atoms with Crippen molar-refractivity contribution in [2.24, 2.45) is 0 Å². The van der Waals surface area contributed by atoms with Gasteiger partial charge >= 0.3 is 5.97 Å². The Morgan fingerprint density at radius 1 is 1.69 bits per heavy atom. The van der Waals surface area contributed by atoms with E-state index in [0.717, 1.165) is 18.0 Å². The summed E-state index contributed by atoms with van der Waals surface area (Å²) in [6.45, 7) is 4.41. The van der Waals surface area contributed by atoms with E-state index < -0.39 is 5.97 Å². The van der Waals surface area contributed by atoms with Crippen molar-refractivity contribution in [3.8, 4) is 0 Å². The fraction of sp³-hybridized carbons (Fsp3) is 0.667. The molecular weight excluding hydrogens is 250 g/mol. The Labute approximate surface area is 103 Å². The molecule has 0 amide bonds. The Balaban J connectivity index is 2.70. The molecule has 0 aliphatic heterocycles. The summed E-state index contributed by atoms with van der Waals surface area (Å²) >= 11 is 7.00. The molecule has 0 saturated carbocycles. The Kier molecular flexibility index (Phi) is 5.11. The van der Waals surface area contributed by atoms with Crippen molar-refractivity contribution in [1.29, 1.82) is 0 Å². The van der Waals surface area contributed by atoms with Gasteiger partial charge in [-0.25, -0.2) is 0 Å². The van der Waals surface area contributed by atoms with Gasteiger partial charge in [0.15, 0.2) is 0 Å². The Morgan fingerprint density at radius 3 is 2.81 bits per heavy atom. The zero-order valence-corrected chi connectivity index (χ0v) is 10.8. The molecule has 16 heavy (non-hydrogen) atoms. The standard InChI is InChI=1S/C9H14ClN3O2S/c1-3-6(2)13(5-8(14)15)4-7-9(10)16-12-11-7/h6H,3-5H2,1-2H3,(H,14,15). The minimum Gasteiger partial charge on any atom is -0.480 e. The van der Waals surface area contributed by atoms with E-state index >= 15 is 0 Å². The van der Waals surface area contributed by atoms with Gasteiger partial charge in [-0.15, -0.1) is 5.10 Å². The average Bonchev–Trinajstić information content (AvgIpc) is 2.61. The normalized spacial score (nSPS) is 13.0. The van der Waals surface area contributed by atoms with Crippen LogP contribution in [0.5, 0.6) is 0 Å². The highest BCUT2D eigenvalue weighted by molar-refractivity contribution is 7.10. The third-order valence-corrected chi connectivity index (χ3v) is 3.40. The summed E-state index contributed by atoms with van der Waals surface area (Å²) in [5.41, 5.74) is 0.646. The van der Waals surface area contributed by atoms with Crippen LogP contribution in [0.2, 0.25) is 4.34 Å². The molecule has 1 atom stereocenters. The number of rotatable bonds is 6. The van der Waals surface area contributed by atoms with Crippen LogP contribution in [0.1, 0.15) is 26.0 Å². The van der Waals surface area contributed by atoms with Crippen LogP contribution in [-0.4, -0.2) is 38.1 Å². The Bertz CT molecular complexity index is 358. The maximum absolute atomic E-state index is 10.7. The van der Waals surface area contributed by atoms with E-state index in [2.05, 4.69) is 9.59 Å². The summed E-state index contributed by atoms with van der Waals surface area (Å²) in [5.74, 6) is -0.848. The summed E-state index contributed by atoms with van der Waals surface area (Å²) in [7, 11) is 0. The van der Waals surface area contributed by atoms with Gasteiger partial charge < -0.3 is 5.11 Å². The predicted octanol–water partition coefficient (Wildman–Crippen LogP) is 1.88. The van der Waals surface area contributed by atoms with Crippen molar-refractivity contribution in [2.45, 2.75) is 32.9 Å². The number of carboxylic acid groups (broad SMARTS) is 1. The quantitative estimate of drug-likeness (QED) is 0.849. The van der Waals surface area contributed by atoms with Gasteiger partial charge in [0.1, 0.15) is 10.0 Å². The second-order valence-corrected chi connectivity index (χ2v) is 4.91. The van der Waals surface area contributed by atoms with Crippen molar-refractivity contribution in [3.63, 3.8) is 0 Å². The summed E-state index contributed by atoms with van der Waals surface area (Å²) < 4.78 is 4.25. The molecule has 0 aliphatic rings. The van der Waals surface area contributed by atoms with E-state index in [-0.39, 0.29) is 12.6 Å². The molecule has 1 aromatic heterocycles. The maximum atomic E-state index is 10.7. The molecular formula is C9H14ClN3O2S. The molecule has 90 valence electrons. The highest BCUT2D eigenvalue weighted by Crippen LogP contribution is 2.20. The lowest BCUT2D eigenvalue weighted by Gasteiger charge is -2.25. The van der Waals surface area contributed by atoms with Gasteiger partial charge in [-0.3, -0.25) is 9.69 Å². The lowest BCUT2D eigenvalue weighted by atomic mass is 10.2. The fourth-order valence-corrected chi connectivity index (χ4v) is 1.90. The first-order chi connectivity index (χ1) is 7.54. The van der Waals surface area contributed by atoms with E-state index in [1.165, 1.54) is 0 Å². The summed E-state index contributed by atoms with van der Waals surface area (Å²) in [6, 6.07) is 0.175. The molecule has 0 bridgehead atoms. The van der Waals surface area contributed by atoms with E-state index in [9.17, 15) is 4.79 Å². The molecule has 0 aromatic carbocycles. The zero-order chi connectivity index (χ0) is 12.1. The van der Waals surface area contributed by atoms with E-state index in [4.69, 9.17) is 16.7 Å². The smallest absolute Gasteiger partial charge is 0.317 e. The monoisotopic (exact) mass is 263 g/mol. The zero-order valence-electron chi connectivity index (χ0n) is 9.18. The van der Waals surface area contributed by atoms with E-state index in [0.29, 0.717) is 16.6 Å². The van der Waals surface area contributed by atoms with Gasteiger partial charge in [-0.2, -0.15) is 0 Å². The third-order valence-electron chi connectivity index (χ3n) is 2.41. The lowest BCUT2D eigenvalue weighted by Crippen LogP contribution is -2.36. The van der Waals surface area contributed by atoms with Gasteiger partial charge in [0.05, 0.1) is 6.54 Å². The number of carbonyl (C=O) groups is 1. The average molecular weight is 264 g/mol. The molecule has 1 N–H and O–H groups in total. The molecule has 0 fully saturated rings. The predicted molar refractivity (Wildman–Crippen MR) is 62.7 cm³/mol. The molecule has 7 heteroatoms. The number of carboxylic acids is 1. The summed E-state index contributed by atoms with van der Waals surface area (Å²) in [6.07, 6.45) is 0.877. The van der Waals surface area contributed by atoms with Crippen LogP contribution in [0, 0.1) is 0 Å². The van der Waals surface area contributed by atoms with Gasteiger partial charge in [-0.05, 0) is 13.3 Å². The van der Waals surface area contributed by atoms with Crippen LogP contribution in [0.4, 0.5) is 0 Å². The topological polar surface area (TPSA) is 66.3 Å². The molecule has 1 heterocycles. The molecule has 0 radical (unpaired) electrons. The van der Waals surface area contributed by atoms with Crippen LogP contribution in [0.15, 0.2) is 0 Å². The second-order valence-electron chi connectivity index (χ2n) is 3.55. The van der Waals surface area contributed by atoms with Gasteiger partial charge in [-0.1, -0.05) is 23.0 Å². The number of hydrogen-bond acceptors (Lipinski definition) is 5. The first kappa shape index (κ1) is 13.3. The van der Waals surface area contributed by atoms with Crippen LogP contribution in [-0.2, 0) is 11.3 Å². The summed E-state index contributed by atoms with van der Waals surface area (Å²) in [4.78, 5) is 12.6. The molecule has 0 spiro atoms. The number of hydrogen-bond donors (Lipinski definition) is 1. The molecule has 1 unspecified atom stereocenters. The number of halogens is 1. The van der Waals surface area contributed by atoms with Crippen molar-refractivity contribution >= 4 is 29.1 Å². The maximum Gasteiger partial charge on any atom is 0.317 e. The molecule has 0 saturated heterocycles. The number of aliphatic carboxylic acids is 1. The lowest BCUT2D eigenvalue weighted by molar-refractivity contribution is -0.139. The van der Waals surface area contributed by atoms with Gasteiger partial charge in [0, 0.05) is 24.1 Å². The Hall–Kier alpha value is -0.720. The minimum atomic E-state index is -0.848. The fourth-order valence-electron chi connectivity index (χ4n) is 1.28. The molecule has 0 aliphatic carbocycles.